The van der Waals surface area contributed by atoms with E-state index in [4.69, 9.17) is 5.11 Å². The molecule has 0 radical (unpaired) electrons. The maximum Gasteiger partial charge on any atom is 0.308 e. The van der Waals surface area contributed by atoms with Crippen LogP contribution < -0.4 is 0 Å². The Hall–Kier alpha value is -2.17. The van der Waals surface area contributed by atoms with Crippen LogP contribution in [0.4, 0.5) is 4.39 Å². The van der Waals surface area contributed by atoms with Gasteiger partial charge >= 0.3 is 5.97 Å². The molecule has 0 aromatic heterocycles. The van der Waals surface area contributed by atoms with E-state index in [2.05, 4.69) is 0 Å². The molecule has 1 unspecified atom stereocenters. The molecule has 0 saturated carbocycles. The van der Waals surface area contributed by atoms with Gasteiger partial charge in [0.1, 0.15) is 5.82 Å². The van der Waals surface area contributed by atoms with E-state index in [0.717, 1.165) is 12.0 Å². The number of aliphatic carboxylic acids is 1. The first kappa shape index (κ1) is 15.2. The number of carboxylic acids is 1. The minimum Gasteiger partial charge on any atom is -0.481 e. The lowest BCUT2D eigenvalue weighted by Gasteiger charge is -2.30. The molecule has 1 aliphatic rings. The molecule has 1 atom stereocenters. The molecule has 1 aromatic rings. The fourth-order valence-electron chi connectivity index (χ4n) is 2.40. The molecule has 112 valence electrons. The van der Waals surface area contributed by atoms with Crippen molar-refractivity contribution in [3.05, 3.63) is 41.7 Å². The van der Waals surface area contributed by atoms with Crippen LogP contribution in [-0.4, -0.2) is 35.0 Å². The van der Waals surface area contributed by atoms with E-state index in [0.29, 0.717) is 19.5 Å². The standard InChI is InChI=1S/C16H18FNO3/c17-14-8-6-12(7-9-14)3-1-5-15(19)18-10-2-4-13(11-18)16(20)21/h1,3,6-9,13H,2,4-5,10-11H2,(H,20,21). The van der Waals surface area contributed by atoms with Crippen LogP contribution in [0, 0.1) is 11.7 Å². The van der Waals surface area contributed by atoms with Crippen molar-refractivity contribution in [1.29, 1.82) is 0 Å². The Labute approximate surface area is 122 Å². The zero-order chi connectivity index (χ0) is 15.2. The highest BCUT2D eigenvalue weighted by atomic mass is 19.1. The van der Waals surface area contributed by atoms with Gasteiger partial charge in [-0.05, 0) is 30.5 Å². The number of nitrogens with zero attached hydrogens (tertiary/aromatic N) is 1. The molecule has 1 fully saturated rings. The number of halogens is 1. The second kappa shape index (κ2) is 7.02. The highest BCUT2D eigenvalue weighted by molar-refractivity contribution is 5.80. The molecule has 0 aliphatic carbocycles. The highest BCUT2D eigenvalue weighted by Gasteiger charge is 2.27. The molecule has 1 heterocycles. The summed E-state index contributed by atoms with van der Waals surface area (Å²) in [6, 6.07) is 6.00. The monoisotopic (exact) mass is 291 g/mol. The third-order valence-corrected chi connectivity index (χ3v) is 3.60. The van der Waals surface area contributed by atoms with E-state index >= 15 is 0 Å². The molecule has 1 aliphatic heterocycles. The van der Waals surface area contributed by atoms with Crippen molar-refractivity contribution in [2.45, 2.75) is 19.3 Å². The molecule has 1 aromatic carbocycles. The van der Waals surface area contributed by atoms with Crippen molar-refractivity contribution in [3.63, 3.8) is 0 Å². The van der Waals surface area contributed by atoms with E-state index in [1.165, 1.54) is 12.1 Å². The van der Waals surface area contributed by atoms with Crippen molar-refractivity contribution in [3.8, 4) is 0 Å². The number of hydrogen-bond acceptors (Lipinski definition) is 2. The SMILES string of the molecule is O=C(O)C1CCCN(C(=O)CC=Cc2ccc(F)cc2)C1. The summed E-state index contributed by atoms with van der Waals surface area (Å²) < 4.78 is 12.7. The molecule has 1 saturated heterocycles. The van der Waals surface area contributed by atoms with Crippen LogP contribution in [0.5, 0.6) is 0 Å². The maximum atomic E-state index is 12.7. The van der Waals surface area contributed by atoms with Crippen LogP contribution in [0.15, 0.2) is 30.3 Å². The summed E-state index contributed by atoms with van der Waals surface area (Å²) in [7, 11) is 0. The minimum atomic E-state index is -0.839. The summed E-state index contributed by atoms with van der Waals surface area (Å²) in [5.74, 6) is -1.66. The van der Waals surface area contributed by atoms with Crippen molar-refractivity contribution >= 4 is 18.0 Å². The first-order chi connectivity index (χ1) is 10.1. The molecule has 1 amide bonds. The summed E-state index contributed by atoms with van der Waals surface area (Å²) in [5.41, 5.74) is 0.825. The summed E-state index contributed by atoms with van der Waals surface area (Å²) in [6.45, 7) is 0.908. The smallest absolute Gasteiger partial charge is 0.308 e. The lowest BCUT2D eigenvalue weighted by Crippen LogP contribution is -2.42. The van der Waals surface area contributed by atoms with Gasteiger partial charge in [0.2, 0.25) is 5.91 Å². The van der Waals surface area contributed by atoms with Crippen LogP contribution >= 0.6 is 0 Å². The van der Waals surface area contributed by atoms with Crippen molar-refractivity contribution < 1.29 is 19.1 Å². The Bertz CT molecular complexity index is 539. The van der Waals surface area contributed by atoms with Gasteiger partial charge in [0.25, 0.3) is 0 Å². The number of rotatable bonds is 4. The highest BCUT2D eigenvalue weighted by Crippen LogP contribution is 2.17. The number of benzene rings is 1. The molecule has 5 heteroatoms. The minimum absolute atomic E-state index is 0.0701. The average Bonchev–Trinajstić information content (AvgIpc) is 2.49. The third kappa shape index (κ3) is 4.41. The van der Waals surface area contributed by atoms with Gasteiger partial charge < -0.3 is 10.0 Å². The number of likely N-dealkylation sites (tertiary alicyclic amines) is 1. The summed E-state index contributed by atoms with van der Waals surface area (Å²) in [6.07, 6.45) is 5.06. The largest absolute Gasteiger partial charge is 0.481 e. The quantitative estimate of drug-likeness (QED) is 0.927. The van der Waals surface area contributed by atoms with Gasteiger partial charge in [-0.1, -0.05) is 24.3 Å². The Morgan fingerprint density at radius 2 is 2.05 bits per heavy atom. The predicted octanol–water partition coefficient (Wildman–Crippen LogP) is 2.55. The lowest BCUT2D eigenvalue weighted by molar-refractivity contribution is -0.145. The van der Waals surface area contributed by atoms with Crippen LogP contribution in [0.2, 0.25) is 0 Å². The normalized spacial score (nSPS) is 18.9. The van der Waals surface area contributed by atoms with Crippen LogP contribution in [0.3, 0.4) is 0 Å². The molecule has 0 spiro atoms. The maximum absolute atomic E-state index is 12.7. The second-order valence-corrected chi connectivity index (χ2v) is 5.18. The van der Waals surface area contributed by atoms with Crippen LogP contribution in [0.1, 0.15) is 24.8 Å². The van der Waals surface area contributed by atoms with Crippen molar-refractivity contribution in [2.75, 3.05) is 13.1 Å². The zero-order valence-electron chi connectivity index (χ0n) is 11.7. The average molecular weight is 291 g/mol. The van der Waals surface area contributed by atoms with Gasteiger partial charge in [0.05, 0.1) is 5.92 Å². The van der Waals surface area contributed by atoms with Crippen molar-refractivity contribution in [1.82, 2.24) is 4.90 Å². The van der Waals surface area contributed by atoms with Gasteiger partial charge in [0.15, 0.2) is 0 Å². The third-order valence-electron chi connectivity index (χ3n) is 3.60. The molecule has 1 N–H and O–H groups in total. The van der Waals surface area contributed by atoms with Crippen LogP contribution in [-0.2, 0) is 9.59 Å². The molecular weight excluding hydrogens is 273 g/mol. The topological polar surface area (TPSA) is 57.6 Å². The van der Waals surface area contributed by atoms with Crippen LogP contribution in [0.25, 0.3) is 6.08 Å². The van der Waals surface area contributed by atoms with E-state index in [1.807, 2.05) is 0 Å². The van der Waals surface area contributed by atoms with E-state index in [1.54, 1.807) is 29.2 Å². The van der Waals surface area contributed by atoms with E-state index < -0.39 is 11.9 Å². The first-order valence-corrected chi connectivity index (χ1v) is 6.99. The summed E-state index contributed by atoms with van der Waals surface area (Å²) in [4.78, 5) is 24.6. The van der Waals surface area contributed by atoms with Gasteiger partial charge in [-0.3, -0.25) is 9.59 Å². The fourth-order valence-corrected chi connectivity index (χ4v) is 2.40. The number of carboxylic acid groups (broad SMARTS) is 1. The fraction of sp³-hybridized carbons (Fsp3) is 0.375. The van der Waals surface area contributed by atoms with E-state index in [-0.39, 0.29) is 18.1 Å². The number of piperidine rings is 1. The number of carbonyl (C=O) groups excluding carboxylic acids is 1. The number of hydrogen-bond donors (Lipinski definition) is 1. The number of amides is 1. The Morgan fingerprint density at radius 1 is 1.33 bits per heavy atom. The second-order valence-electron chi connectivity index (χ2n) is 5.18. The molecule has 21 heavy (non-hydrogen) atoms. The molecule has 2 rings (SSSR count). The Morgan fingerprint density at radius 3 is 2.71 bits per heavy atom. The summed E-state index contributed by atoms with van der Waals surface area (Å²) >= 11 is 0. The van der Waals surface area contributed by atoms with Gasteiger partial charge in [0, 0.05) is 19.5 Å². The van der Waals surface area contributed by atoms with Crippen molar-refractivity contribution in [2.24, 2.45) is 5.92 Å². The Kier molecular flexibility index (Phi) is 5.09. The molecule has 0 bridgehead atoms. The van der Waals surface area contributed by atoms with Gasteiger partial charge in [-0.2, -0.15) is 0 Å². The predicted molar refractivity (Wildman–Crippen MR) is 77.0 cm³/mol. The van der Waals surface area contributed by atoms with Gasteiger partial charge in [-0.25, -0.2) is 4.39 Å². The van der Waals surface area contributed by atoms with E-state index in [9.17, 15) is 14.0 Å². The molecular formula is C16H18FNO3. The number of carbonyl (C=O) groups is 2. The van der Waals surface area contributed by atoms with Gasteiger partial charge in [-0.15, -0.1) is 0 Å². The first-order valence-electron chi connectivity index (χ1n) is 6.99. The molecule has 4 nitrogen and oxygen atoms in total. The zero-order valence-corrected chi connectivity index (χ0v) is 11.7. The lowest BCUT2D eigenvalue weighted by atomic mass is 9.98. The Balaban J connectivity index is 1.86. The summed E-state index contributed by atoms with van der Waals surface area (Å²) in [5, 5.41) is 9.00.